The first-order valence-corrected chi connectivity index (χ1v) is 9.83. The first kappa shape index (κ1) is 18.1. The summed E-state index contributed by atoms with van der Waals surface area (Å²) in [5.74, 6) is 0.197. The van der Waals surface area contributed by atoms with Crippen LogP contribution in [0, 0.1) is 0 Å². The van der Waals surface area contributed by atoms with Gasteiger partial charge in [0.15, 0.2) is 0 Å². The third kappa shape index (κ3) is 3.11. The van der Waals surface area contributed by atoms with Crippen LogP contribution in [-0.2, 0) is 0 Å². The van der Waals surface area contributed by atoms with Crippen molar-refractivity contribution in [2.45, 2.75) is 0 Å². The highest BCUT2D eigenvalue weighted by atomic mass is 32.1. The molecule has 0 saturated carbocycles. The first-order chi connectivity index (χ1) is 14.6. The van der Waals surface area contributed by atoms with E-state index in [4.69, 9.17) is 9.15 Å². The quantitative estimate of drug-likeness (QED) is 0.446. The fraction of sp³-hybridized carbons (Fsp3) is 0.0476. The Bertz CT molecular complexity index is 1470. The fourth-order valence-corrected chi connectivity index (χ4v) is 3.94. The van der Waals surface area contributed by atoms with E-state index in [1.807, 2.05) is 29.6 Å². The number of methoxy groups -OCH3 is 1. The van der Waals surface area contributed by atoms with E-state index in [9.17, 15) is 9.59 Å². The number of hydrogen-bond acceptors (Lipinski definition) is 7. The Kier molecular flexibility index (Phi) is 4.29. The van der Waals surface area contributed by atoms with Gasteiger partial charge in [0.2, 0.25) is 4.96 Å². The first-order valence-electron chi connectivity index (χ1n) is 8.95. The number of nitrogens with zero attached hydrogens (tertiary/aromatic N) is 3. The zero-order valence-electron chi connectivity index (χ0n) is 15.7. The molecule has 30 heavy (non-hydrogen) atoms. The Labute approximate surface area is 173 Å². The number of hydrogen-bond donors (Lipinski definition) is 1. The number of para-hydroxylation sites is 1. The summed E-state index contributed by atoms with van der Waals surface area (Å²) in [4.78, 5) is 29.8. The summed E-state index contributed by atoms with van der Waals surface area (Å²) in [6, 6.07) is 16.1. The molecular formula is C21H14N4O4S. The van der Waals surface area contributed by atoms with Gasteiger partial charge in [-0.25, -0.2) is 9.31 Å². The molecule has 0 unspecified atom stereocenters. The SMILES string of the molecule is COc1cccc(-c2csc3nc(NC(=O)c4cc5ccccc5oc4=O)nn23)c1. The summed E-state index contributed by atoms with van der Waals surface area (Å²) in [6.45, 7) is 0. The number of nitrogens with one attached hydrogen (secondary N) is 1. The lowest BCUT2D eigenvalue weighted by Crippen LogP contribution is -2.21. The third-order valence-corrected chi connectivity index (χ3v) is 5.37. The molecule has 8 nitrogen and oxygen atoms in total. The highest BCUT2D eigenvalue weighted by molar-refractivity contribution is 7.15. The molecule has 0 radical (unpaired) electrons. The fourth-order valence-electron chi connectivity index (χ4n) is 3.10. The predicted molar refractivity (Wildman–Crippen MR) is 113 cm³/mol. The average Bonchev–Trinajstić information content (AvgIpc) is 3.33. The number of anilines is 1. The van der Waals surface area contributed by atoms with Crippen molar-refractivity contribution < 1.29 is 13.9 Å². The van der Waals surface area contributed by atoms with Crippen molar-refractivity contribution >= 4 is 39.1 Å². The van der Waals surface area contributed by atoms with Gasteiger partial charge < -0.3 is 9.15 Å². The summed E-state index contributed by atoms with van der Waals surface area (Å²) in [7, 11) is 1.61. The smallest absolute Gasteiger partial charge is 0.349 e. The van der Waals surface area contributed by atoms with Gasteiger partial charge in [-0.15, -0.1) is 16.4 Å². The van der Waals surface area contributed by atoms with Crippen molar-refractivity contribution in [3.63, 3.8) is 0 Å². The topological polar surface area (TPSA) is 98.7 Å². The van der Waals surface area contributed by atoms with Crippen LogP contribution in [0.2, 0.25) is 0 Å². The van der Waals surface area contributed by atoms with Crippen LogP contribution in [0.1, 0.15) is 10.4 Å². The van der Waals surface area contributed by atoms with Gasteiger partial charge >= 0.3 is 5.63 Å². The Morgan fingerprint density at radius 2 is 2.03 bits per heavy atom. The largest absolute Gasteiger partial charge is 0.497 e. The molecule has 0 fully saturated rings. The molecule has 0 bridgehead atoms. The van der Waals surface area contributed by atoms with Gasteiger partial charge in [-0.3, -0.25) is 10.1 Å². The molecule has 1 N–H and O–H groups in total. The van der Waals surface area contributed by atoms with Gasteiger partial charge in [0.25, 0.3) is 11.9 Å². The predicted octanol–water partition coefficient (Wildman–Crippen LogP) is 3.83. The zero-order chi connectivity index (χ0) is 20.7. The molecule has 0 aliphatic heterocycles. The summed E-state index contributed by atoms with van der Waals surface area (Å²) in [6.07, 6.45) is 0. The molecule has 148 valence electrons. The Hall–Kier alpha value is -3.98. The number of aromatic nitrogens is 3. The van der Waals surface area contributed by atoms with Crippen LogP contribution in [0.3, 0.4) is 0 Å². The van der Waals surface area contributed by atoms with Gasteiger partial charge in [-0.2, -0.15) is 4.98 Å². The third-order valence-electron chi connectivity index (χ3n) is 4.56. The minimum Gasteiger partial charge on any atom is -0.497 e. The molecule has 5 rings (SSSR count). The van der Waals surface area contributed by atoms with E-state index in [-0.39, 0.29) is 11.5 Å². The van der Waals surface area contributed by atoms with E-state index in [2.05, 4.69) is 15.4 Å². The van der Waals surface area contributed by atoms with Gasteiger partial charge in [0.1, 0.15) is 16.9 Å². The van der Waals surface area contributed by atoms with Crippen LogP contribution >= 0.6 is 11.3 Å². The number of carbonyl (C=O) groups excluding carboxylic acids is 1. The number of amides is 1. The molecule has 0 atom stereocenters. The summed E-state index contributed by atoms with van der Waals surface area (Å²) in [5, 5.41) is 9.53. The lowest BCUT2D eigenvalue weighted by atomic mass is 10.2. The molecular weight excluding hydrogens is 404 g/mol. The van der Waals surface area contributed by atoms with Gasteiger partial charge in [0.05, 0.1) is 12.8 Å². The molecule has 3 aromatic heterocycles. The normalized spacial score (nSPS) is 11.1. The van der Waals surface area contributed by atoms with Crippen LogP contribution in [-0.4, -0.2) is 27.6 Å². The molecule has 5 aromatic rings. The lowest BCUT2D eigenvalue weighted by Gasteiger charge is -2.03. The monoisotopic (exact) mass is 418 g/mol. The molecule has 2 aromatic carbocycles. The summed E-state index contributed by atoms with van der Waals surface area (Å²) in [5.41, 5.74) is 1.30. The van der Waals surface area contributed by atoms with Gasteiger partial charge in [-0.05, 0) is 24.3 Å². The van der Waals surface area contributed by atoms with Crippen molar-refractivity contribution in [2.24, 2.45) is 0 Å². The van der Waals surface area contributed by atoms with Crippen LogP contribution in [0.25, 0.3) is 27.2 Å². The molecule has 1 amide bonds. The second-order valence-corrected chi connectivity index (χ2v) is 7.26. The van der Waals surface area contributed by atoms with Crippen molar-refractivity contribution in [1.29, 1.82) is 0 Å². The minimum atomic E-state index is -0.718. The van der Waals surface area contributed by atoms with Crippen molar-refractivity contribution in [3.8, 4) is 17.0 Å². The van der Waals surface area contributed by atoms with E-state index in [1.54, 1.807) is 35.9 Å². The Morgan fingerprint density at radius 1 is 1.17 bits per heavy atom. The number of ether oxygens (including phenoxy) is 1. The molecule has 9 heteroatoms. The lowest BCUT2D eigenvalue weighted by molar-refractivity contribution is 0.102. The van der Waals surface area contributed by atoms with Crippen LogP contribution in [0.4, 0.5) is 5.95 Å². The highest BCUT2D eigenvalue weighted by Crippen LogP contribution is 2.28. The van der Waals surface area contributed by atoms with Crippen LogP contribution < -0.4 is 15.7 Å². The molecule has 0 aliphatic carbocycles. The summed E-state index contributed by atoms with van der Waals surface area (Å²) < 4.78 is 12.1. The van der Waals surface area contributed by atoms with E-state index in [0.29, 0.717) is 15.9 Å². The number of fused-ring (bicyclic) bond motifs is 2. The average molecular weight is 418 g/mol. The minimum absolute atomic E-state index is 0.101. The summed E-state index contributed by atoms with van der Waals surface area (Å²) >= 11 is 1.39. The van der Waals surface area contributed by atoms with Crippen LogP contribution in [0.15, 0.2) is 69.2 Å². The van der Waals surface area contributed by atoms with E-state index in [1.165, 1.54) is 17.4 Å². The van der Waals surface area contributed by atoms with Crippen molar-refractivity contribution in [2.75, 3.05) is 12.4 Å². The number of thiazole rings is 1. The van der Waals surface area contributed by atoms with E-state index >= 15 is 0 Å². The molecule has 0 saturated heterocycles. The number of benzene rings is 2. The van der Waals surface area contributed by atoms with Crippen molar-refractivity contribution in [1.82, 2.24) is 14.6 Å². The number of carbonyl (C=O) groups is 1. The maximum Gasteiger partial charge on any atom is 0.349 e. The van der Waals surface area contributed by atoms with E-state index in [0.717, 1.165) is 17.0 Å². The van der Waals surface area contributed by atoms with E-state index < -0.39 is 11.5 Å². The maximum absolute atomic E-state index is 12.6. The second kappa shape index (κ2) is 7.12. The Morgan fingerprint density at radius 3 is 2.90 bits per heavy atom. The highest BCUT2D eigenvalue weighted by Gasteiger charge is 2.18. The molecule has 3 heterocycles. The Balaban J connectivity index is 1.47. The van der Waals surface area contributed by atoms with Gasteiger partial charge in [-0.1, -0.05) is 30.3 Å². The molecule has 0 aliphatic rings. The van der Waals surface area contributed by atoms with Crippen molar-refractivity contribution in [3.05, 3.63) is 76.0 Å². The zero-order valence-corrected chi connectivity index (χ0v) is 16.5. The molecule has 0 spiro atoms. The van der Waals surface area contributed by atoms with Crippen LogP contribution in [0.5, 0.6) is 5.75 Å². The van der Waals surface area contributed by atoms with Gasteiger partial charge in [0, 0.05) is 16.3 Å². The second-order valence-electron chi connectivity index (χ2n) is 6.42. The standard InChI is InChI=1S/C21H14N4O4S/c1-28-14-7-4-6-12(9-14)16-11-30-21-23-20(24-25(16)21)22-18(26)15-10-13-5-2-3-8-17(13)29-19(15)27/h2-11H,1H3,(H,22,24,26). The number of rotatable bonds is 4. The maximum atomic E-state index is 12.6.